The molecule has 3 saturated heterocycles. The standard InChI is InChI=1S/C26H33FN2O15/c1-10(30)36-8-15-17(38-11(2)31)19(39-12(3)32)21(40-13(4)33)24(42-15)37-9-16-18-20(44-26(5,6)43-18)23(41-16)29-7-14(27)22(34)28-25(29)35/h7,15-21,23-24H,8-9H2,1-6H3,(H,28,34,35). The third kappa shape index (κ3) is 7.49. The van der Waals surface area contributed by atoms with Crippen LogP contribution >= 0.6 is 0 Å². The Labute approximate surface area is 248 Å². The lowest BCUT2D eigenvalue weighted by atomic mass is 9.98. The Balaban J connectivity index is 1.63. The van der Waals surface area contributed by atoms with Gasteiger partial charge in [-0.05, 0) is 13.8 Å². The van der Waals surface area contributed by atoms with Crippen molar-refractivity contribution >= 4 is 23.9 Å². The number of H-pyrrole nitrogens is 1. The highest BCUT2D eigenvalue weighted by Crippen LogP contribution is 2.43. The molecule has 0 radical (unpaired) electrons. The number of hydrogen-bond donors (Lipinski definition) is 1. The molecule has 17 nitrogen and oxygen atoms in total. The first-order valence-electron chi connectivity index (χ1n) is 13.5. The summed E-state index contributed by atoms with van der Waals surface area (Å²) in [5.41, 5.74) is -2.18. The SMILES string of the molecule is CC(=O)OCC1OC(OCC2OC(n3cc(F)c(=O)[nH]c3=O)C3OC(C)(C)OC23)C(OC(C)=O)C(OC(C)=O)C1OC(C)=O. The van der Waals surface area contributed by atoms with E-state index in [0.29, 0.717) is 6.20 Å². The van der Waals surface area contributed by atoms with Gasteiger partial charge in [0.1, 0.15) is 31.0 Å². The Morgan fingerprint density at radius 1 is 0.841 bits per heavy atom. The molecule has 0 amide bonds. The van der Waals surface area contributed by atoms with E-state index in [2.05, 4.69) is 0 Å². The molecule has 0 aliphatic carbocycles. The molecule has 3 fully saturated rings. The summed E-state index contributed by atoms with van der Waals surface area (Å²) in [5.74, 6) is -5.52. The van der Waals surface area contributed by atoms with Crippen molar-refractivity contribution in [3.63, 3.8) is 0 Å². The van der Waals surface area contributed by atoms with Crippen molar-refractivity contribution < 1.29 is 66.2 Å². The molecular weight excluding hydrogens is 599 g/mol. The fraction of sp³-hybridized carbons (Fsp3) is 0.692. The second kappa shape index (κ2) is 13.1. The topological polar surface area (TPSA) is 206 Å². The molecule has 4 heterocycles. The van der Waals surface area contributed by atoms with Crippen LogP contribution in [-0.4, -0.2) is 101 Å². The van der Waals surface area contributed by atoms with Gasteiger partial charge in [-0.25, -0.2) is 4.79 Å². The highest BCUT2D eigenvalue weighted by Gasteiger charge is 2.58. The summed E-state index contributed by atoms with van der Waals surface area (Å²) in [6.07, 6.45) is -10.5. The highest BCUT2D eigenvalue weighted by molar-refractivity contribution is 5.68. The maximum Gasteiger partial charge on any atom is 0.330 e. The van der Waals surface area contributed by atoms with Gasteiger partial charge in [-0.1, -0.05) is 0 Å². The monoisotopic (exact) mass is 632 g/mol. The van der Waals surface area contributed by atoms with Crippen LogP contribution in [-0.2, 0) is 61.8 Å². The van der Waals surface area contributed by atoms with Gasteiger partial charge in [-0.2, -0.15) is 4.39 Å². The van der Waals surface area contributed by atoms with E-state index in [1.165, 1.54) is 0 Å². The summed E-state index contributed by atoms with van der Waals surface area (Å²) in [4.78, 5) is 73.6. The van der Waals surface area contributed by atoms with Crippen molar-refractivity contribution in [2.75, 3.05) is 13.2 Å². The summed E-state index contributed by atoms with van der Waals surface area (Å²) in [5, 5.41) is 0. The fourth-order valence-corrected chi connectivity index (χ4v) is 5.18. The maximum atomic E-state index is 14.1. The Morgan fingerprint density at radius 3 is 2.05 bits per heavy atom. The number of halogens is 1. The summed E-state index contributed by atoms with van der Waals surface area (Å²) >= 11 is 0. The molecule has 0 spiro atoms. The summed E-state index contributed by atoms with van der Waals surface area (Å²) in [6, 6.07) is 0. The smallest absolute Gasteiger partial charge is 0.330 e. The van der Waals surface area contributed by atoms with E-state index in [1.54, 1.807) is 13.8 Å². The minimum atomic E-state index is -1.51. The van der Waals surface area contributed by atoms with Crippen molar-refractivity contribution in [3.05, 3.63) is 32.9 Å². The largest absolute Gasteiger partial charge is 0.463 e. The van der Waals surface area contributed by atoms with Gasteiger partial charge in [0.25, 0.3) is 5.56 Å². The lowest BCUT2D eigenvalue weighted by Gasteiger charge is -2.44. The van der Waals surface area contributed by atoms with Gasteiger partial charge in [0.05, 0.1) is 12.8 Å². The molecule has 0 saturated carbocycles. The van der Waals surface area contributed by atoms with E-state index < -0.39 is 109 Å². The van der Waals surface area contributed by atoms with Crippen LogP contribution in [0.3, 0.4) is 0 Å². The van der Waals surface area contributed by atoms with Gasteiger partial charge < -0.3 is 42.6 Å². The summed E-state index contributed by atoms with van der Waals surface area (Å²) in [7, 11) is 0. The Morgan fingerprint density at radius 2 is 1.43 bits per heavy atom. The second-order valence-electron chi connectivity index (χ2n) is 10.7. The van der Waals surface area contributed by atoms with Gasteiger partial charge in [0.2, 0.25) is 5.82 Å². The lowest BCUT2D eigenvalue weighted by Crippen LogP contribution is -2.63. The molecule has 244 valence electrons. The van der Waals surface area contributed by atoms with E-state index in [0.717, 1.165) is 32.3 Å². The molecule has 3 aliphatic rings. The van der Waals surface area contributed by atoms with E-state index >= 15 is 0 Å². The normalized spacial score (nSPS) is 32.4. The molecule has 18 heteroatoms. The number of aromatic nitrogens is 2. The molecule has 44 heavy (non-hydrogen) atoms. The first kappa shape index (κ1) is 33.2. The molecule has 9 unspecified atom stereocenters. The molecule has 3 aliphatic heterocycles. The number of carbonyl (C=O) groups is 4. The molecule has 0 aromatic carbocycles. The predicted octanol–water partition coefficient (Wildman–Crippen LogP) is -0.807. The quantitative estimate of drug-likeness (QED) is 0.261. The van der Waals surface area contributed by atoms with Gasteiger partial charge >= 0.3 is 29.6 Å². The minimum Gasteiger partial charge on any atom is -0.463 e. The number of rotatable bonds is 9. The average molecular weight is 633 g/mol. The molecular formula is C26H33FN2O15. The second-order valence-corrected chi connectivity index (χ2v) is 10.7. The van der Waals surface area contributed by atoms with Crippen molar-refractivity contribution in [1.29, 1.82) is 0 Å². The zero-order chi connectivity index (χ0) is 32.5. The zero-order valence-corrected chi connectivity index (χ0v) is 24.6. The number of hydrogen-bond acceptors (Lipinski definition) is 15. The number of ether oxygens (including phenoxy) is 9. The van der Waals surface area contributed by atoms with Crippen LogP contribution in [0.15, 0.2) is 15.8 Å². The van der Waals surface area contributed by atoms with Gasteiger partial charge in [-0.15, -0.1) is 0 Å². The lowest BCUT2D eigenvalue weighted by molar-refractivity contribution is -0.313. The number of esters is 4. The van der Waals surface area contributed by atoms with Crippen molar-refractivity contribution in [2.45, 2.75) is 103 Å². The Kier molecular flexibility index (Phi) is 9.89. The van der Waals surface area contributed by atoms with Gasteiger partial charge in [0, 0.05) is 27.7 Å². The molecule has 4 rings (SSSR count). The van der Waals surface area contributed by atoms with Crippen LogP contribution in [0.4, 0.5) is 4.39 Å². The van der Waals surface area contributed by atoms with Crippen LogP contribution in [0, 0.1) is 5.82 Å². The third-order valence-corrected chi connectivity index (χ3v) is 6.70. The van der Waals surface area contributed by atoms with E-state index in [1.807, 2.05) is 4.98 Å². The highest BCUT2D eigenvalue weighted by atomic mass is 19.1. The van der Waals surface area contributed by atoms with Crippen LogP contribution in [0.1, 0.15) is 47.8 Å². The van der Waals surface area contributed by atoms with Crippen LogP contribution < -0.4 is 11.2 Å². The molecule has 1 aromatic heterocycles. The van der Waals surface area contributed by atoms with E-state index in [9.17, 15) is 33.2 Å². The fourth-order valence-electron chi connectivity index (χ4n) is 5.18. The number of carbonyl (C=O) groups excluding carboxylic acids is 4. The number of nitrogens with one attached hydrogen (secondary N) is 1. The number of aromatic amines is 1. The average Bonchev–Trinajstić information content (AvgIpc) is 3.38. The minimum absolute atomic E-state index is 0.383. The first-order chi connectivity index (χ1) is 20.6. The van der Waals surface area contributed by atoms with Crippen LogP contribution in [0.25, 0.3) is 0 Å². The molecule has 1 N–H and O–H groups in total. The van der Waals surface area contributed by atoms with Crippen molar-refractivity contribution in [2.24, 2.45) is 0 Å². The zero-order valence-electron chi connectivity index (χ0n) is 24.6. The first-order valence-corrected chi connectivity index (χ1v) is 13.5. The Bertz CT molecular complexity index is 1390. The van der Waals surface area contributed by atoms with Crippen LogP contribution in [0.2, 0.25) is 0 Å². The summed E-state index contributed by atoms with van der Waals surface area (Å²) < 4.78 is 65.8. The third-order valence-electron chi connectivity index (χ3n) is 6.70. The Hall–Kier alpha value is -3.71. The van der Waals surface area contributed by atoms with Gasteiger partial charge in [-0.3, -0.25) is 33.5 Å². The molecule has 0 bridgehead atoms. The van der Waals surface area contributed by atoms with Crippen LogP contribution in [0.5, 0.6) is 0 Å². The molecule has 1 aromatic rings. The van der Waals surface area contributed by atoms with Gasteiger partial charge in [0.15, 0.2) is 36.6 Å². The maximum absolute atomic E-state index is 14.1. The van der Waals surface area contributed by atoms with E-state index in [-0.39, 0.29) is 6.61 Å². The van der Waals surface area contributed by atoms with Crippen molar-refractivity contribution in [3.8, 4) is 0 Å². The molecule has 9 atom stereocenters. The number of nitrogens with zero attached hydrogens (tertiary/aromatic N) is 1. The van der Waals surface area contributed by atoms with E-state index in [4.69, 9.17) is 42.6 Å². The van der Waals surface area contributed by atoms with Crippen molar-refractivity contribution in [1.82, 2.24) is 9.55 Å². The summed E-state index contributed by atoms with van der Waals surface area (Å²) in [6.45, 7) is 6.75. The predicted molar refractivity (Wildman–Crippen MR) is 137 cm³/mol. The number of fused-ring (bicyclic) bond motifs is 1.